The summed E-state index contributed by atoms with van der Waals surface area (Å²) in [4.78, 5) is 2.52. The van der Waals surface area contributed by atoms with E-state index in [0.29, 0.717) is 0 Å². The first kappa shape index (κ1) is 7.91. The fourth-order valence-corrected chi connectivity index (χ4v) is 0.675. The fourth-order valence-electron chi connectivity index (χ4n) is 0.675. The second kappa shape index (κ2) is 2.45. The van der Waals surface area contributed by atoms with Gasteiger partial charge in [0.05, 0.1) is 5.57 Å². The van der Waals surface area contributed by atoms with Crippen LogP contribution in [0.5, 0.6) is 0 Å². The number of nitrogens with one attached hydrogen (secondary N) is 1. The van der Waals surface area contributed by atoms with Crippen molar-refractivity contribution >= 4 is 5.57 Å². The third-order valence-electron chi connectivity index (χ3n) is 1.29. The number of allylic oxidation sites excluding steroid dienone is 1. The van der Waals surface area contributed by atoms with Gasteiger partial charge in [-0.1, -0.05) is 6.58 Å². The molecule has 1 rings (SSSR count). The maximum absolute atomic E-state index is 11.9. The molecule has 0 spiro atoms. The van der Waals surface area contributed by atoms with Crippen molar-refractivity contribution in [2.45, 2.75) is 6.18 Å². The largest absolute Gasteiger partial charge is 0.416 e. The zero-order valence-corrected chi connectivity index (χ0v) is 5.57. The van der Waals surface area contributed by atoms with Gasteiger partial charge in [-0.2, -0.15) is 13.2 Å². The van der Waals surface area contributed by atoms with Gasteiger partial charge in [0.2, 0.25) is 0 Å². The normalized spacial score (nSPS) is 11.5. The van der Waals surface area contributed by atoms with Crippen molar-refractivity contribution in [2.75, 3.05) is 0 Å². The lowest BCUT2D eigenvalue weighted by Gasteiger charge is -2.06. The Balaban J connectivity index is 2.88. The van der Waals surface area contributed by atoms with Crippen LogP contribution < -0.4 is 0 Å². The zero-order valence-electron chi connectivity index (χ0n) is 5.57. The van der Waals surface area contributed by atoms with E-state index in [2.05, 4.69) is 11.6 Å². The molecule has 0 unspecified atom stereocenters. The van der Waals surface area contributed by atoms with E-state index in [4.69, 9.17) is 0 Å². The van der Waals surface area contributed by atoms with E-state index < -0.39 is 11.7 Å². The van der Waals surface area contributed by atoms with Crippen molar-refractivity contribution in [3.05, 3.63) is 30.6 Å². The standard InChI is InChI=1S/C7H6F3N/c1-5(7(8,9)10)6-2-3-11-4-6/h2-4,11H,1H2. The molecule has 60 valence electrons. The number of halogens is 3. The molecule has 0 amide bonds. The summed E-state index contributed by atoms with van der Waals surface area (Å²) >= 11 is 0. The lowest BCUT2D eigenvalue weighted by molar-refractivity contribution is -0.0686. The molecule has 4 heteroatoms. The van der Waals surface area contributed by atoms with Crippen LogP contribution in [0.4, 0.5) is 13.2 Å². The van der Waals surface area contributed by atoms with E-state index in [-0.39, 0.29) is 5.56 Å². The predicted octanol–water partition coefficient (Wildman–Crippen LogP) is 2.59. The van der Waals surface area contributed by atoms with Gasteiger partial charge in [0, 0.05) is 18.0 Å². The molecular weight excluding hydrogens is 155 g/mol. The second-order valence-electron chi connectivity index (χ2n) is 2.08. The van der Waals surface area contributed by atoms with Crippen LogP contribution in [0.25, 0.3) is 5.57 Å². The molecule has 0 saturated carbocycles. The summed E-state index contributed by atoms with van der Waals surface area (Å²) in [6.45, 7) is 2.92. The highest BCUT2D eigenvalue weighted by molar-refractivity contribution is 5.66. The predicted molar refractivity (Wildman–Crippen MR) is 35.9 cm³/mol. The van der Waals surface area contributed by atoms with E-state index in [1.165, 1.54) is 18.5 Å². The highest BCUT2D eigenvalue weighted by Gasteiger charge is 2.32. The molecule has 1 N–H and O–H groups in total. The first-order chi connectivity index (χ1) is 5.02. The average Bonchev–Trinajstić information content (AvgIpc) is 2.34. The van der Waals surface area contributed by atoms with E-state index in [9.17, 15) is 13.2 Å². The monoisotopic (exact) mass is 161 g/mol. The molecule has 0 aromatic carbocycles. The molecule has 0 atom stereocenters. The molecule has 0 aliphatic heterocycles. The Morgan fingerprint density at radius 1 is 1.45 bits per heavy atom. The molecular formula is C7H6F3N. The molecule has 0 fully saturated rings. The second-order valence-corrected chi connectivity index (χ2v) is 2.08. The van der Waals surface area contributed by atoms with Crippen LogP contribution in [0, 0.1) is 0 Å². The van der Waals surface area contributed by atoms with Crippen LogP contribution in [0.3, 0.4) is 0 Å². The third kappa shape index (κ3) is 1.63. The van der Waals surface area contributed by atoms with Crippen molar-refractivity contribution in [1.29, 1.82) is 0 Å². The number of aromatic amines is 1. The van der Waals surface area contributed by atoms with E-state index in [0.717, 1.165) is 0 Å². The maximum atomic E-state index is 11.9. The van der Waals surface area contributed by atoms with Crippen LogP contribution in [0.1, 0.15) is 5.56 Å². The molecule has 0 aliphatic rings. The molecule has 0 saturated heterocycles. The minimum atomic E-state index is -4.33. The van der Waals surface area contributed by atoms with Crippen LogP contribution >= 0.6 is 0 Å². The summed E-state index contributed by atoms with van der Waals surface area (Å²) in [5.41, 5.74) is -0.740. The molecule has 0 bridgehead atoms. The molecule has 0 radical (unpaired) electrons. The Hall–Kier alpha value is -1.19. The van der Waals surface area contributed by atoms with E-state index >= 15 is 0 Å². The van der Waals surface area contributed by atoms with Crippen LogP contribution in [-0.2, 0) is 0 Å². The van der Waals surface area contributed by atoms with Crippen molar-refractivity contribution < 1.29 is 13.2 Å². The summed E-state index contributed by atoms with van der Waals surface area (Å²) in [6.07, 6.45) is -1.65. The topological polar surface area (TPSA) is 15.8 Å². The first-order valence-corrected chi connectivity index (χ1v) is 2.91. The van der Waals surface area contributed by atoms with Gasteiger partial charge >= 0.3 is 6.18 Å². The number of H-pyrrole nitrogens is 1. The number of aromatic nitrogens is 1. The first-order valence-electron chi connectivity index (χ1n) is 2.91. The minimum absolute atomic E-state index is 0.0810. The Kier molecular flexibility index (Phi) is 1.76. The van der Waals surface area contributed by atoms with Gasteiger partial charge in [0.25, 0.3) is 0 Å². The van der Waals surface area contributed by atoms with E-state index in [1.54, 1.807) is 0 Å². The lowest BCUT2D eigenvalue weighted by Crippen LogP contribution is -2.08. The highest BCUT2D eigenvalue weighted by atomic mass is 19.4. The quantitative estimate of drug-likeness (QED) is 0.651. The van der Waals surface area contributed by atoms with Crippen LogP contribution in [-0.4, -0.2) is 11.2 Å². The Morgan fingerprint density at radius 2 is 2.09 bits per heavy atom. The van der Waals surface area contributed by atoms with Gasteiger partial charge < -0.3 is 4.98 Å². The van der Waals surface area contributed by atoms with Gasteiger partial charge in [-0.05, 0) is 6.07 Å². The van der Waals surface area contributed by atoms with Crippen LogP contribution in [0.2, 0.25) is 0 Å². The van der Waals surface area contributed by atoms with Crippen molar-refractivity contribution in [2.24, 2.45) is 0 Å². The highest BCUT2D eigenvalue weighted by Crippen LogP contribution is 2.31. The summed E-state index contributed by atoms with van der Waals surface area (Å²) < 4.78 is 35.7. The number of alkyl halides is 3. The zero-order chi connectivity index (χ0) is 8.48. The van der Waals surface area contributed by atoms with Crippen molar-refractivity contribution in [1.82, 2.24) is 4.98 Å². The van der Waals surface area contributed by atoms with Crippen molar-refractivity contribution in [3.63, 3.8) is 0 Å². The van der Waals surface area contributed by atoms with Crippen LogP contribution in [0.15, 0.2) is 25.0 Å². The smallest absolute Gasteiger partial charge is 0.367 e. The Morgan fingerprint density at radius 3 is 2.45 bits per heavy atom. The Labute approximate surface area is 61.5 Å². The number of hydrogen-bond acceptors (Lipinski definition) is 0. The molecule has 1 heterocycles. The van der Waals surface area contributed by atoms with Gasteiger partial charge in [-0.25, -0.2) is 0 Å². The van der Waals surface area contributed by atoms with Crippen molar-refractivity contribution in [3.8, 4) is 0 Å². The molecule has 11 heavy (non-hydrogen) atoms. The summed E-state index contributed by atoms with van der Waals surface area (Å²) in [5.74, 6) is 0. The SMILES string of the molecule is C=C(c1cc[nH]c1)C(F)(F)F. The molecule has 1 aromatic rings. The number of hydrogen-bond donors (Lipinski definition) is 1. The van der Waals surface area contributed by atoms with Gasteiger partial charge in [-0.15, -0.1) is 0 Å². The third-order valence-corrected chi connectivity index (χ3v) is 1.29. The maximum Gasteiger partial charge on any atom is 0.416 e. The summed E-state index contributed by atoms with van der Waals surface area (Å²) in [6, 6.07) is 1.33. The van der Waals surface area contributed by atoms with E-state index in [1.807, 2.05) is 0 Å². The van der Waals surface area contributed by atoms with Gasteiger partial charge in [-0.3, -0.25) is 0 Å². The van der Waals surface area contributed by atoms with Gasteiger partial charge in [0.15, 0.2) is 0 Å². The summed E-state index contributed by atoms with van der Waals surface area (Å²) in [5, 5.41) is 0. The minimum Gasteiger partial charge on any atom is -0.367 e. The summed E-state index contributed by atoms with van der Waals surface area (Å²) in [7, 11) is 0. The fraction of sp³-hybridized carbons (Fsp3) is 0.143. The van der Waals surface area contributed by atoms with Gasteiger partial charge in [0.1, 0.15) is 0 Å². The number of rotatable bonds is 1. The average molecular weight is 161 g/mol. The Bertz CT molecular complexity index is 245. The molecule has 1 aromatic heterocycles. The molecule has 1 nitrogen and oxygen atoms in total. The molecule has 0 aliphatic carbocycles. The lowest BCUT2D eigenvalue weighted by atomic mass is 10.1.